The van der Waals surface area contributed by atoms with Crippen molar-refractivity contribution in [1.29, 1.82) is 0 Å². The molecular formula is C32H32N6. The molecule has 0 radical (unpaired) electrons. The number of aromatic amines is 2. The van der Waals surface area contributed by atoms with E-state index in [4.69, 9.17) is 0 Å². The Morgan fingerprint density at radius 3 is 2.68 bits per heavy atom. The molecule has 0 atom stereocenters. The van der Waals surface area contributed by atoms with Gasteiger partial charge < -0.3 is 10.3 Å². The Bertz CT molecular complexity index is 1710. The molecule has 0 unspecified atom stereocenters. The summed E-state index contributed by atoms with van der Waals surface area (Å²) in [5.74, 6) is 0.558. The van der Waals surface area contributed by atoms with E-state index in [0.29, 0.717) is 5.92 Å². The second-order valence-electron chi connectivity index (χ2n) is 9.38. The van der Waals surface area contributed by atoms with Gasteiger partial charge in [0.25, 0.3) is 0 Å². The lowest BCUT2D eigenvalue weighted by Gasteiger charge is -2.11. The maximum atomic E-state index is 4.66. The standard InChI is InChI=1S/C32H32N6/c1-6-22(17-25(7-2)35-21(5)23-11-12-23)20(4)16-28-29(8-3)37-38-31(28)30-18-27-26(13-15-34-32(27)36-30)24-10-9-14-33-19-24/h6-10,13-19,23,35,37H,2,4-5,11-12H2,1,3H3,(H,34,36)/b22-6+,25-17+,28-16+,29-8+. The van der Waals surface area contributed by atoms with Gasteiger partial charge in [0.15, 0.2) is 0 Å². The lowest BCUT2D eigenvalue weighted by molar-refractivity contribution is 0.864. The molecule has 6 nitrogen and oxygen atoms in total. The first-order chi connectivity index (χ1) is 18.5. The first kappa shape index (κ1) is 25.0. The van der Waals surface area contributed by atoms with Crippen molar-refractivity contribution in [1.82, 2.24) is 30.5 Å². The maximum absolute atomic E-state index is 4.66. The van der Waals surface area contributed by atoms with Crippen LogP contribution >= 0.6 is 0 Å². The van der Waals surface area contributed by atoms with Crippen molar-refractivity contribution in [2.24, 2.45) is 5.92 Å². The Morgan fingerprint density at radius 1 is 1.16 bits per heavy atom. The first-order valence-electron chi connectivity index (χ1n) is 12.8. The molecule has 0 spiro atoms. The average molecular weight is 501 g/mol. The molecular weight excluding hydrogens is 468 g/mol. The molecule has 4 aromatic heterocycles. The molecule has 38 heavy (non-hydrogen) atoms. The van der Waals surface area contributed by atoms with E-state index in [1.807, 2.05) is 56.6 Å². The number of nitrogens with zero attached hydrogens (tertiary/aromatic N) is 3. The fraction of sp³-hybridized carbons (Fsp3) is 0.156. The molecule has 1 aliphatic carbocycles. The summed E-state index contributed by atoms with van der Waals surface area (Å²) in [5.41, 5.74) is 8.38. The van der Waals surface area contributed by atoms with E-state index in [9.17, 15) is 0 Å². The number of nitrogens with one attached hydrogen (secondary N) is 3. The number of hydrogen-bond donors (Lipinski definition) is 3. The first-order valence-corrected chi connectivity index (χ1v) is 12.8. The van der Waals surface area contributed by atoms with Gasteiger partial charge in [0.05, 0.1) is 11.0 Å². The number of hydrogen-bond acceptors (Lipinski definition) is 4. The van der Waals surface area contributed by atoms with Gasteiger partial charge in [-0.25, -0.2) is 4.98 Å². The SMILES string of the molecule is C=C/C(=C\C(=C/C)C(=C)/C=c1/c(-c2cc3c(-c4cccnc4)ccnc3[nH]2)n[nH]/c1=C/C)NC(=C)C1CC1. The summed E-state index contributed by atoms with van der Waals surface area (Å²) in [7, 11) is 0. The molecule has 190 valence electrons. The molecule has 0 amide bonds. The molecule has 0 bridgehead atoms. The zero-order chi connectivity index (χ0) is 26.6. The number of fused-ring (bicyclic) bond motifs is 1. The van der Waals surface area contributed by atoms with Crippen molar-refractivity contribution in [2.45, 2.75) is 26.7 Å². The van der Waals surface area contributed by atoms with Crippen molar-refractivity contribution >= 4 is 23.2 Å². The highest BCUT2D eigenvalue weighted by Gasteiger charge is 2.24. The van der Waals surface area contributed by atoms with Crippen molar-refractivity contribution in [3.8, 4) is 22.5 Å². The van der Waals surface area contributed by atoms with E-state index in [-0.39, 0.29) is 0 Å². The largest absolute Gasteiger partial charge is 0.359 e. The molecule has 4 aromatic rings. The fourth-order valence-corrected chi connectivity index (χ4v) is 4.52. The summed E-state index contributed by atoms with van der Waals surface area (Å²) in [6.07, 6.45) is 17.8. The van der Waals surface area contributed by atoms with Gasteiger partial charge in [-0.2, -0.15) is 5.10 Å². The molecule has 3 N–H and O–H groups in total. The molecule has 0 aromatic carbocycles. The highest BCUT2D eigenvalue weighted by molar-refractivity contribution is 5.95. The summed E-state index contributed by atoms with van der Waals surface area (Å²) in [5, 5.41) is 14.1. The average Bonchev–Trinajstić information content (AvgIpc) is 3.59. The van der Waals surface area contributed by atoms with Crippen LogP contribution in [-0.4, -0.2) is 25.1 Å². The predicted octanol–water partition coefficient (Wildman–Crippen LogP) is 5.68. The van der Waals surface area contributed by atoms with Gasteiger partial charge in [0.1, 0.15) is 11.3 Å². The van der Waals surface area contributed by atoms with E-state index in [0.717, 1.165) is 66.7 Å². The van der Waals surface area contributed by atoms with Crippen LogP contribution in [-0.2, 0) is 0 Å². The smallest absolute Gasteiger partial charge is 0.138 e. The van der Waals surface area contributed by atoms with Crippen LogP contribution in [0.5, 0.6) is 0 Å². The lowest BCUT2D eigenvalue weighted by Crippen LogP contribution is -2.23. The molecule has 1 fully saturated rings. The highest BCUT2D eigenvalue weighted by Crippen LogP contribution is 2.34. The Kier molecular flexibility index (Phi) is 7.05. The second-order valence-corrected chi connectivity index (χ2v) is 9.38. The number of aromatic nitrogens is 5. The summed E-state index contributed by atoms with van der Waals surface area (Å²) >= 11 is 0. The van der Waals surface area contributed by atoms with Crippen molar-refractivity contribution in [2.75, 3.05) is 0 Å². The number of H-pyrrole nitrogens is 2. The van der Waals surface area contributed by atoms with Gasteiger partial charge in [-0.15, -0.1) is 0 Å². The minimum Gasteiger partial charge on any atom is -0.359 e. The van der Waals surface area contributed by atoms with Gasteiger partial charge in [-0.05, 0) is 85.7 Å². The van der Waals surface area contributed by atoms with Crippen LogP contribution in [0.4, 0.5) is 0 Å². The van der Waals surface area contributed by atoms with Gasteiger partial charge in [0, 0.05) is 46.2 Å². The predicted molar refractivity (Wildman–Crippen MR) is 157 cm³/mol. The zero-order valence-corrected chi connectivity index (χ0v) is 21.9. The third-order valence-electron chi connectivity index (χ3n) is 6.79. The van der Waals surface area contributed by atoms with Crippen LogP contribution in [0.15, 0.2) is 103 Å². The van der Waals surface area contributed by atoms with E-state index in [2.05, 4.69) is 74.5 Å². The summed E-state index contributed by atoms with van der Waals surface area (Å²) in [6.45, 7) is 16.5. The topological polar surface area (TPSA) is 82.3 Å². The molecule has 0 saturated heterocycles. The Balaban J connectivity index is 1.54. The molecule has 5 rings (SSSR count). The van der Waals surface area contributed by atoms with Crippen LogP contribution in [0, 0.1) is 5.92 Å². The van der Waals surface area contributed by atoms with E-state index in [1.165, 1.54) is 12.8 Å². The van der Waals surface area contributed by atoms with E-state index >= 15 is 0 Å². The van der Waals surface area contributed by atoms with Gasteiger partial charge in [-0.1, -0.05) is 38.0 Å². The molecule has 0 aliphatic heterocycles. The van der Waals surface area contributed by atoms with Crippen LogP contribution < -0.4 is 15.9 Å². The summed E-state index contributed by atoms with van der Waals surface area (Å²) < 4.78 is 0. The molecule has 1 saturated carbocycles. The zero-order valence-electron chi connectivity index (χ0n) is 21.9. The maximum Gasteiger partial charge on any atom is 0.138 e. The molecule has 6 heteroatoms. The quantitative estimate of drug-likeness (QED) is 0.258. The van der Waals surface area contributed by atoms with Crippen molar-refractivity contribution in [3.63, 3.8) is 0 Å². The van der Waals surface area contributed by atoms with Gasteiger partial charge >= 0.3 is 0 Å². The summed E-state index contributed by atoms with van der Waals surface area (Å²) in [6, 6.07) is 8.09. The van der Waals surface area contributed by atoms with Crippen molar-refractivity contribution in [3.05, 3.63) is 114 Å². The van der Waals surface area contributed by atoms with Gasteiger partial charge in [-0.3, -0.25) is 10.1 Å². The van der Waals surface area contributed by atoms with E-state index < -0.39 is 0 Å². The van der Waals surface area contributed by atoms with Crippen LogP contribution in [0.2, 0.25) is 0 Å². The van der Waals surface area contributed by atoms with Crippen LogP contribution in [0.1, 0.15) is 26.7 Å². The van der Waals surface area contributed by atoms with Gasteiger partial charge in [0.2, 0.25) is 0 Å². The number of allylic oxidation sites excluding steroid dienone is 6. The van der Waals surface area contributed by atoms with E-state index in [1.54, 1.807) is 6.20 Å². The number of pyridine rings is 2. The normalized spacial score (nSPS) is 15.2. The van der Waals surface area contributed by atoms with Crippen LogP contribution in [0.25, 0.3) is 45.7 Å². The third kappa shape index (κ3) is 5.06. The Morgan fingerprint density at radius 2 is 2.00 bits per heavy atom. The monoisotopic (exact) mass is 500 g/mol. The highest BCUT2D eigenvalue weighted by atomic mass is 15.1. The third-order valence-corrected chi connectivity index (χ3v) is 6.79. The number of rotatable bonds is 9. The second kappa shape index (κ2) is 10.7. The minimum atomic E-state index is 0.558. The molecule has 1 aliphatic rings. The Labute approximate surface area is 222 Å². The molecule has 4 heterocycles. The Hall–Kier alpha value is -4.71. The summed E-state index contributed by atoms with van der Waals surface area (Å²) in [4.78, 5) is 12.3. The lowest BCUT2D eigenvalue weighted by atomic mass is 10.0. The van der Waals surface area contributed by atoms with Crippen molar-refractivity contribution < 1.29 is 0 Å². The minimum absolute atomic E-state index is 0.558. The van der Waals surface area contributed by atoms with Crippen LogP contribution in [0.3, 0.4) is 0 Å². The fourth-order valence-electron chi connectivity index (χ4n) is 4.52.